The van der Waals surface area contributed by atoms with E-state index in [1.807, 2.05) is 0 Å². The Bertz CT molecular complexity index is 116. The minimum atomic E-state index is 0.365. The van der Waals surface area contributed by atoms with Crippen molar-refractivity contribution in [3.05, 3.63) is 0 Å². The smallest absolute Gasteiger partial charge is 0.0153 e. The van der Waals surface area contributed by atoms with Crippen LogP contribution in [0.1, 0.15) is 54.4 Å². The van der Waals surface area contributed by atoms with Gasteiger partial charge in [0.25, 0.3) is 0 Å². The first-order chi connectivity index (χ1) is 5.45. The lowest BCUT2D eigenvalue weighted by Gasteiger charge is -2.41. The van der Waals surface area contributed by atoms with Crippen molar-refractivity contribution in [2.24, 2.45) is 0 Å². The first-order valence-electron chi connectivity index (χ1n) is 5.22. The van der Waals surface area contributed by atoms with Crippen LogP contribution in [0.15, 0.2) is 0 Å². The van der Waals surface area contributed by atoms with E-state index in [-0.39, 0.29) is 0 Å². The second kappa shape index (κ2) is 4.86. The molecule has 12 heavy (non-hydrogen) atoms. The summed E-state index contributed by atoms with van der Waals surface area (Å²) in [7, 11) is 0. The molecule has 0 unspecified atom stereocenters. The van der Waals surface area contributed by atoms with Crippen LogP contribution in [0.2, 0.25) is 0 Å². The molecular formula is C11H25N. The standard InChI is InChI=1S/C11H25N/c1-7-9-12(10(3)4)11(5,6)8-2/h10H,7-9H2,1-6H3. The Hall–Kier alpha value is -0.0400. The molecule has 0 saturated carbocycles. The Morgan fingerprint density at radius 3 is 1.92 bits per heavy atom. The second-order valence-electron chi connectivity index (χ2n) is 4.45. The van der Waals surface area contributed by atoms with Gasteiger partial charge in [-0.1, -0.05) is 13.8 Å². The molecular weight excluding hydrogens is 146 g/mol. The number of nitrogens with zero attached hydrogens (tertiary/aromatic N) is 1. The van der Waals surface area contributed by atoms with Gasteiger partial charge in [0, 0.05) is 11.6 Å². The van der Waals surface area contributed by atoms with E-state index in [4.69, 9.17) is 0 Å². The molecule has 0 amide bonds. The van der Waals surface area contributed by atoms with Gasteiger partial charge in [0.05, 0.1) is 0 Å². The molecule has 0 aliphatic carbocycles. The monoisotopic (exact) mass is 171 g/mol. The first-order valence-corrected chi connectivity index (χ1v) is 5.22. The van der Waals surface area contributed by atoms with Crippen LogP contribution < -0.4 is 0 Å². The maximum atomic E-state index is 2.59. The SMILES string of the molecule is CCCN(C(C)C)C(C)(C)CC. The van der Waals surface area contributed by atoms with Gasteiger partial charge in [-0.25, -0.2) is 0 Å². The van der Waals surface area contributed by atoms with Crippen molar-refractivity contribution in [1.29, 1.82) is 0 Å². The first kappa shape index (κ1) is 12.0. The zero-order valence-corrected chi connectivity index (χ0v) is 9.65. The maximum Gasteiger partial charge on any atom is 0.0153 e. The molecule has 0 bridgehead atoms. The third-order valence-corrected chi connectivity index (χ3v) is 2.73. The van der Waals surface area contributed by atoms with Crippen molar-refractivity contribution in [2.75, 3.05) is 6.54 Å². The van der Waals surface area contributed by atoms with Gasteiger partial charge in [-0.2, -0.15) is 0 Å². The van der Waals surface area contributed by atoms with Crippen molar-refractivity contribution in [2.45, 2.75) is 66.0 Å². The summed E-state index contributed by atoms with van der Waals surface area (Å²) >= 11 is 0. The fraction of sp³-hybridized carbons (Fsp3) is 1.00. The average Bonchev–Trinajstić information content (AvgIpc) is 1.99. The van der Waals surface area contributed by atoms with Crippen molar-refractivity contribution in [1.82, 2.24) is 4.90 Å². The quantitative estimate of drug-likeness (QED) is 0.613. The molecule has 0 aromatic rings. The van der Waals surface area contributed by atoms with Crippen LogP contribution >= 0.6 is 0 Å². The fourth-order valence-electron chi connectivity index (χ4n) is 1.70. The number of rotatable bonds is 5. The maximum absolute atomic E-state index is 2.59. The van der Waals surface area contributed by atoms with Crippen LogP contribution in [0.25, 0.3) is 0 Å². The molecule has 0 aliphatic heterocycles. The molecule has 0 atom stereocenters. The van der Waals surface area contributed by atoms with Crippen molar-refractivity contribution < 1.29 is 0 Å². The Morgan fingerprint density at radius 2 is 1.67 bits per heavy atom. The van der Waals surface area contributed by atoms with Gasteiger partial charge in [0.2, 0.25) is 0 Å². The summed E-state index contributed by atoms with van der Waals surface area (Å²) in [6.07, 6.45) is 2.48. The normalized spacial score (nSPS) is 13.0. The molecule has 0 fully saturated rings. The second-order valence-corrected chi connectivity index (χ2v) is 4.45. The van der Waals surface area contributed by atoms with Gasteiger partial charge in [0.15, 0.2) is 0 Å². The molecule has 1 nitrogen and oxygen atoms in total. The van der Waals surface area contributed by atoms with E-state index in [9.17, 15) is 0 Å². The van der Waals surface area contributed by atoms with Gasteiger partial charge in [0.1, 0.15) is 0 Å². The zero-order chi connectivity index (χ0) is 9.78. The van der Waals surface area contributed by atoms with E-state index in [1.54, 1.807) is 0 Å². The minimum Gasteiger partial charge on any atom is -0.296 e. The summed E-state index contributed by atoms with van der Waals surface area (Å²) in [5, 5.41) is 0. The largest absolute Gasteiger partial charge is 0.296 e. The van der Waals surface area contributed by atoms with Gasteiger partial charge in [-0.15, -0.1) is 0 Å². The average molecular weight is 171 g/mol. The zero-order valence-electron chi connectivity index (χ0n) is 9.65. The molecule has 0 rings (SSSR count). The van der Waals surface area contributed by atoms with Crippen LogP contribution in [0, 0.1) is 0 Å². The van der Waals surface area contributed by atoms with E-state index in [2.05, 4.69) is 46.4 Å². The van der Waals surface area contributed by atoms with E-state index < -0.39 is 0 Å². The molecule has 0 aliphatic rings. The molecule has 74 valence electrons. The lowest BCUT2D eigenvalue weighted by molar-refractivity contribution is 0.0809. The number of hydrogen-bond donors (Lipinski definition) is 0. The summed E-state index contributed by atoms with van der Waals surface area (Å²) in [4.78, 5) is 2.59. The topological polar surface area (TPSA) is 3.24 Å². The number of hydrogen-bond acceptors (Lipinski definition) is 1. The van der Waals surface area contributed by atoms with Crippen LogP contribution in [0.3, 0.4) is 0 Å². The van der Waals surface area contributed by atoms with Crippen molar-refractivity contribution >= 4 is 0 Å². The van der Waals surface area contributed by atoms with E-state index in [0.717, 1.165) is 0 Å². The highest BCUT2D eigenvalue weighted by atomic mass is 15.2. The van der Waals surface area contributed by atoms with Crippen molar-refractivity contribution in [3.63, 3.8) is 0 Å². The molecule has 0 saturated heterocycles. The van der Waals surface area contributed by atoms with Crippen LogP contribution in [0.5, 0.6) is 0 Å². The van der Waals surface area contributed by atoms with E-state index in [0.29, 0.717) is 11.6 Å². The molecule has 1 heteroatoms. The van der Waals surface area contributed by atoms with Gasteiger partial charge >= 0.3 is 0 Å². The van der Waals surface area contributed by atoms with Crippen molar-refractivity contribution in [3.8, 4) is 0 Å². The lowest BCUT2D eigenvalue weighted by atomic mass is 9.97. The molecule has 0 aromatic heterocycles. The van der Waals surface area contributed by atoms with Gasteiger partial charge < -0.3 is 0 Å². The lowest BCUT2D eigenvalue weighted by Crippen LogP contribution is -2.47. The molecule has 0 radical (unpaired) electrons. The Morgan fingerprint density at radius 1 is 1.17 bits per heavy atom. The summed E-state index contributed by atoms with van der Waals surface area (Å²) in [6, 6.07) is 0.667. The third kappa shape index (κ3) is 3.14. The molecule has 0 aromatic carbocycles. The Balaban J connectivity index is 4.27. The van der Waals surface area contributed by atoms with Gasteiger partial charge in [-0.05, 0) is 47.1 Å². The predicted molar refractivity (Wildman–Crippen MR) is 56.5 cm³/mol. The third-order valence-electron chi connectivity index (χ3n) is 2.73. The predicted octanol–water partition coefficient (Wildman–Crippen LogP) is 3.30. The highest BCUT2D eigenvalue weighted by Gasteiger charge is 2.25. The highest BCUT2D eigenvalue weighted by Crippen LogP contribution is 2.21. The highest BCUT2D eigenvalue weighted by molar-refractivity contribution is 4.81. The summed E-state index contributed by atoms with van der Waals surface area (Å²) < 4.78 is 0. The van der Waals surface area contributed by atoms with E-state index >= 15 is 0 Å². The molecule has 0 heterocycles. The van der Waals surface area contributed by atoms with Crippen LogP contribution in [-0.2, 0) is 0 Å². The van der Waals surface area contributed by atoms with Gasteiger partial charge in [-0.3, -0.25) is 4.90 Å². The minimum absolute atomic E-state index is 0.365. The Labute approximate surface area is 78.1 Å². The molecule has 0 N–H and O–H groups in total. The summed E-state index contributed by atoms with van der Waals surface area (Å²) in [5.74, 6) is 0. The van der Waals surface area contributed by atoms with E-state index in [1.165, 1.54) is 19.4 Å². The summed E-state index contributed by atoms with van der Waals surface area (Å²) in [6.45, 7) is 15.0. The van der Waals surface area contributed by atoms with Crippen LogP contribution in [0.4, 0.5) is 0 Å². The summed E-state index contributed by atoms with van der Waals surface area (Å²) in [5.41, 5.74) is 0.365. The fourth-order valence-corrected chi connectivity index (χ4v) is 1.70. The Kier molecular flexibility index (Phi) is 4.84. The molecule has 0 spiro atoms. The van der Waals surface area contributed by atoms with Crippen LogP contribution in [-0.4, -0.2) is 23.0 Å².